The van der Waals surface area contributed by atoms with Crippen LogP contribution in [0, 0.1) is 11.8 Å². The number of rotatable bonds is 12. The molecule has 7 heterocycles. The highest BCUT2D eigenvalue weighted by Gasteiger charge is 2.30. The molecule has 2 aromatic carbocycles. The van der Waals surface area contributed by atoms with Gasteiger partial charge in [0.05, 0.1) is 17.7 Å². The summed E-state index contributed by atoms with van der Waals surface area (Å²) >= 11 is 0. The number of pyridine rings is 2. The molecule has 3 saturated heterocycles. The third-order valence-electron chi connectivity index (χ3n) is 12.2. The van der Waals surface area contributed by atoms with E-state index in [1.54, 1.807) is 6.20 Å². The lowest BCUT2D eigenvalue weighted by atomic mass is 9.95. The third-order valence-corrected chi connectivity index (χ3v) is 12.2. The summed E-state index contributed by atoms with van der Waals surface area (Å²) in [6.07, 6.45) is 6.74. The van der Waals surface area contributed by atoms with Gasteiger partial charge in [0.1, 0.15) is 19.8 Å². The Bertz CT molecular complexity index is 2040. The van der Waals surface area contributed by atoms with Gasteiger partial charge in [-0.15, -0.1) is 0 Å². The fraction of sp³-hybridized carbons (Fsp3) is 0.478. The van der Waals surface area contributed by atoms with E-state index in [2.05, 4.69) is 73.6 Å². The van der Waals surface area contributed by atoms with E-state index in [1.165, 1.54) is 11.1 Å². The Morgan fingerprint density at radius 1 is 0.712 bits per heavy atom. The zero-order chi connectivity index (χ0) is 40.0. The average molecular weight is 804 g/mol. The van der Waals surface area contributed by atoms with Crippen LogP contribution in [0.4, 0.5) is 0 Å². The molecule has 3 unspecified atom stereocenters. The van der Waals surface area contributed by atoms with Crippen molar-refractivity contribution in [1.29, 1.82) is 0 Å². The van der Waals surface area contributed by atoms with Crippen molar-refractivity contribution in [2.45, 2.75) is 76.5 Å². The van der Waals surface area contributed by atoms with Gasteiger partial charge >= 0.3 is 5.97 Å². The first-order chi connectivity index (χ1) is 29.0. The van der Waals surface area contributed by atoms with Gasteiger partial charge < -0.3 is 33.7 Å². The van der Waals surface area contributed by atoms with Crippen molar-refractivity contribution in [2.24, 2.45) is 11.8 Å². The molecule has 0 bridgehead atoms. The number of piperidine rings is 2. The second-order valence-electron chi connectivity index (χ2n) is 16.3. The van der Waals surface area contributed by atoms with Crippen LogP contribution >= 0.6 is 0 Å². The molecule has 0 aliphatic carbocycles. The van der Waals surface area contributed by atoms with Gasteiger partial charge in [-0.3, -0.25) is 19.4 Å². The molecule has 3 fully saturated rings. The summed E-state index contributed by atoms with van der Waals surface area (Å²) in [4.78, 5) is 39.5. The molecule has 13 nitrogen and oxygen atoms in total. The van der Waals surface area contributed by atoms with E-state index >= 15 is 0 Å². The van der Waals surface area contributed by atoms with E-state index in [1.807, 2.05) is 24.3 Å². The van der Waals surface area contributed by atoms with Gasteiger partial charge in [0.15, 0.2) is 23.7 Å². The predicted octanol–water partition coefficient (Wildman–Crippen LogP) is 5.96. The normalized spacial score (nSPS) is 22.5. The van der Waals surface area contributed by atoms with Crippen LogP contribution in [0.2, 0.25) is 0 Å². The van der Waals surface area contributed by atoms with Crippen LogP contribution in [0.3, 0.4) is 0 Å². The van der Waals surface area contributed by atoms with Crippen molar-refractivity contribution in [3.05, 3.63) is 107 Å². The molecule has 13 heteroatoms. The minimum Gasteiger partial charge on any atom is -0.484 e. The van der Waals surface area contributed by atoms with Gasteiger partial charge in [0.25, 0.3) is 11.8 Å². The summed E-state index contributed by atoms with van der Waals surface area (Å²) in [6.45, 7) is 7.45. The van der Waals surface area contributed by atoms with Crippen LogP contribution < -0.4 is 24.3 Å². The second-order valence-corrected chi connectivity index (χ2v) is 16.3. The standard InChI is InChI=1S/C46H53N5O8/c52-43(48-25-38-3-2-24-54-38)35-15-20-50(21-16-35)26-31-7-11-34(12-8-31)42-30-56-40-14-13-37(49-45(40)59-42)28-57-46(53)36-17-22-51(23-18-36)27-32-5-9-33(10-6-32)41-29-55-39-4-1-19-47-44(39)58-41/h1,4-14,19,35-36,38,41-42H,2-3,15-18,20-30H2,(H,48,52). The number of amides is 1. The lowest BCUT2D eigenvalue weighted by Gasteiger charge is -2.31. The molecule has 5 aliphatic rings. The summed E-state index contributed by atoms with van der Waals surface area (Å²) in [5.74, 6) is 2.10. The van der Waals surface area contributed by atoms with Crippen molar-refractivity contribution in [3.63, 3.8) is 0 Å². The molecule has 0 saturated carbocycles. The van der Waals surface area contributed by atoms with Crippen molar-refractivity contribution in [3.8, 4) is 23.3 Å². The molecule has 1 amide bonds. The van der Waals surface area contributed by atoms with E-state index in [0.717, 1.165) is 95.5 Å². The molecule has 3 atom stereocenters. The molecule has 310 valence electrons. The number of aromatic nitrogens is 2. The Balaban J connectivity index is 0.690. The van der Waals surface area contributed by atoms with Gasteiger partial charge in [-0.1, -0.05) is 48.5 Å². The lowest BCUT2D eigenvalue weighted by molar-refractivity contribution is -0.151. The van der Waals surface area contributed by atoms with Crippen LogP contribution in [0.15, 0.2) is 79.0 Å². The Kier molecular flexibility index (Phi) is 12.2. The molecule has 2 aromatic heterocycles. The molecule has 0 spiro atoms. The van der Waals surface area contributed by atoms with Crippen molar-refractivity contribution in [1.82, 2.24) is 25.1 Å². The zero-order valence-electron chi connectivity index (χ0n) is 33.5. The van der Waals surface area contributed by atoms with Crippen LogP contribution in [0.5, 0.6) is 23.3 Å². The van der Waals surface area contributed by atoms with Gasteiger partial charge in [-0.25, -0.2) is 9.97 Å². The Morgan fingerprint density at radius 3 is 1.95 bits per heavy atom. The quantitative estimate of drug-likeness (QED) is 0.169. The third kappa shape index (κ3) is 9.80. The fourth-order valence-corrected chi connectivity index (χ4v) is 8.61. The molecule has 1 N–H and O–H groups in total. The smallest absolute Gasteiger partial charge is 0.309 e. The number of fused-ring (bicyclic) bond motifs is 2. The maximum atomic E-state index is 13.1. The Hall–Kier alpha value is -5.24. The first-order valence-corrected chi connectivity index (χ1v) is 21.2. The van der Waals surface area contributed by atoms with Crippen molar-refractivity contribution in [2.75, 3.05) is 52.5 Å². The minimum atomic E-state index is -0.301. The molecule has 9 rings (SSSR count). The summed E-state index contributed by atoms with van der Waals surface area (Å²) in [5, 5.41) is 3.11. The molecule has 59 heavy (non-hydrogen) atoms. The van der Waals surface area contributed by atoms with Crippen molar-refractivity contribution >= 4 is 11.9 Å². The van der Waals surface area contributed by atoms with Gasteiger partial charge in [0.2, 0.25) is 5.91 Å². The van der Waals surface area contributed by atoms with Crippen LogP contribution in [-0.4, -0.2) is 90.3 Å². The van der Waals surface area contributed by atoms with Crippen molar-refractivity contribution < 1.29 is 38.0 Å². The van der Waals surface area contributed by atoms with E-state index in [0.29, 0.717) is 48.7 Å². The number of benzene rings is 2. The Labute approximate surface area is 345 Å². The van der Waals surface area contributed by atoms with E-state index < -0.39 is 0 Å². The number of ether oxygens (including phenoxy) is 6. The molecular weight excluding hydrogens is 751 g/mol. The van der Waals surface area contributed by atoms with E-state index in [9.17, 15) is 9.59 Å². The van der Waals surface area contributed by atoms with Crippen LogP contribution in [0.25, 0.3) is 0 Å². The highest BCUT2D eigenvalue weighted by molar-refractivity contribution is 5.78. The maximum absolute atomic E-state index is 13.1. The Morgan fingerprint density at radius 2 is 1.32 bits per heavy atom. The number of hydrogen-bond donors (Lipinski definition) is 1. The van der Waals surface area contributed by atoms with Crippen LogP contribution in [0.1, 0.15) is 78.7 Å². The summed E-state index contributed by atoms with van der Waals surface area (Å²) in [6, 6.07) is 24.3. The number of carbonyl (C=O) groups is 2. The summed E-state index contributed by atoms with van der Waals surface area (Å²) in [7, 11) is 0. The fourth-order valence-electron chi connectivity index (χ4n) is 8.61. The summed E-state index contributed by atoms with van der Waals surface area (Å²) < 4.78 is 35.7. The number of hydrogen-bond acceptors (Lipinski definition) is 12. The summed E-state index contributed by atoms with van der Waals surface area (Å²) in [5.41, 5.74) is 5.11. The SMILES string of the molecule is O=C(NCC1CCCO1)C1CCN(Cc2ccc(C3COc4ccc(COC(=O)C5CCN(Cc6ccc(C7COc8cccnc8O7)cc6)CC5)nc4O3)cc2)CC1. The lowest BCUT2D eigenvalue weighted by Crippen LogP contribution is -2.42. The maximum Gasteiger partial charge on any atom is 0.309 e. The molecular formula is C46H53N5O8. The van der Waals surface area contributed by atoms with Gasteiger partial charge in [0, 0.05) is 38.4 Å². The highest BCUT2D eigenvalue weighted by Crippen LogP contribution is 2.36. The molecule has 0 radical (unpaired) electrons. The number of esters is 1. The van der Waals surface area contributed by atoms with Gasteiger partial charge in [-0.05, 0) is 111 Å². The van der Waals surface area contributed by atoms with E-state index in [-0.39, 0.29) is 48.6 Å². The van der Waals surface area contributed by atoms with E-state index in [4.69, 9.17) is 28.4 Å². The highest BCUT2D eigenvalue weighted by atomic mass is 16.6. The van der Waals surface area contributed by atoms with Crippen LogP contribution in [-0.2, 0) is 38.8 Å². The first kappa shape index (κ1) is 39.2. The number of likely N-dealkylation sites (tertiary alicyclic amines) is 2. The largest absolute Gasteiger partial charge is 0.484 e. The monoisotopic (exact) mass is 803 g/mol. The minimum absolute atomic E-state index is 0.0748. The predicted molar refractivity (Wildman–Crippen MR) is 217 cm³/mol. The first-order valence-electron chi connectivity index (χ1n) is 21.2. The zero-order valence-corrected chi connectivity index (χ0v) is 33.5. The second kappa shape index (κ2) is 18.4. The number of nitrogens with zero attached hydrogens (tertiary/aromatic N) is 4. The number of nitrogens with one attached hydrogen (secondary N) is 1. The molecule has 5 aliphatic heterocycles. The van der Waals surface area contributed by atoms with Gasteiger partial charge in [-0.2, -0.15) is 0 Å². The molecule has 4 aromatic rings. The average Bonchev–Trinajstić information content (AvgIpc) is 3.82. The topological polar surface area (TPSA) is 134 Å². The number of carbonyl (C=O) groups excluding carboxylic acids is 2.